The lowest BCUT2D eigenvalue weighted by molar-refractivity contribution is 0.132. The Balaban J connectivity index is 2.18. The van der Waals surface area contributed by atoms with Crippen molar-refractivity contribution >= 4 is 11.3 Å². The van der Waals surface area contributed by atoms with E-state index in [9.17, 15) is 9.50 Å². The maximum atomic E-state index is 12.3. The van der Waals surface area contributed by atoms with E-state index in [0.717, 1.165) is 10.4 Å². The van der Waals surface area contributed by atoms with E-state index in [-0.39, 0.29) is 0 Å². The van der Waals surface area contributed by atoms with Crippen LogP contribution in [0.3, 0.4) is 0 Å². The Morgan fingerprint density at radius 3 is 2.71 bits per heavy atom. The number of hydrogen-bond donors (Lipinski definition) is 2. The van der Waals surface area contributed by atoms with Crippen LogP contribution in [0.2, 0.25) is 0 Å². The quantitative estimate of drug-likeness (QED) is 0.873. The molecule has 0 bridgehead atoms. The summed E-state index contributed by atoms with van der Waals surface area (Å²) in [6.45, 7) is -0.762. The SMILES string of the molecule is N[C@H](CF)[C@H](O)c1c#cc(-c2cccs2)cc1. The molecule has 0 aliphatic carbocycles. The monoisotopic (exact) mass is 249 g/mol. The number of hydrogen-bond acceptors (Lipinski definition) is 3. The van der Waals surface area contributed by atoms with Gasteiger partial charge in [-0.15, -0.1) is 11.3 Å². The summed E-state index contributed by atoms with van der Waals surface area (Å²) in [6, 6.07) is 12.3. The summed E-state index contributed by atoms with van der Waals surface area (Å²) in [6.07, 6.45) is -1.03. The first kappa shape index (κ1) is 12.1. The number of nitrogens with two attached hydrogens (primary N) is 1. The Labute approximate surface area is 104 Å². The van der Waals surface area contributed by atoms with Crippen LogP contribution in [0.4, 0.5) is 4.39 Å². The van der Waals surface area contributed by atoms with Crippen LogP contribution in [0, 0.1) is 12.1 Å². The molecule has 4 heteroatoms. The summed E-state index contributed by atoms with van der Waals surface area (Å²) < 4.78 is 12.3. The van der Waals surface area contributed by atoms with E-state index < -0.39 is 18.8 Å². The molecule has 88 valence electrons. The Morgan fingerprint density at radius 2 is 2.18 bits per heavy atom. The van der Waals surface area contributed by atoms with Crippen LogP contribution in [0.5, 0.6) is 0 Å². The Hall–Kier alpha value is -1.41. The number of aliphatic hydroxyl groups is 1. The lowest BCUT2D eigenvalue weighted by Crippen LogP contribution is -2.30. The molecule has 17 heavy (non-hydrogen) atoms. The highest BCUT2D eigenvalue weighted by Gasteiger charge is 2.16. The summed E-state index contributed by atoms with van der Waals surface area (Å²) in [5.41, 5.74) is 6.80. The van der Waals surface area contributed by atoms with Crippen LogP contribution in [0.1, 0.15) is 11.7 Å². The lowest BCUT2D eigenvalue weighted by Gasteiger charge is -2.14. The molecule has 2 nitrogen and oxygen atoms in total. The van der Waals surface area contributed by atoms with Crippen molar-refractivity contribution in [2.24, 2.45) is 5.73 Å². The summed E-state index contributed by atoms with van der Waals surface area (Å²) in [5.74, 6) is 0. The fourth-order valence-corrected chi connectivity index (χ4v) is 2.17. The molecule has 0 fully saturated rings. The third-order valence-corrected chi connectivity index (χ3v) is 3.36. The zero-order valence-corrected chi connectivity index (χ0v) is 9.88. The van der Waals surface area contributed by atoms with Gasteiger partial charge in [0.2, 0.25) is 0 Å². The fraction of sp³-hybridized carbons (Fsp3) is 0.231. The van der Waals surface area contributed by atoms with Crippen LogP contribution >= 0.6 is 11.3 Å². The molecular weight excluding hydrogens is 237 g/mol. The molecular formula is C13H12FNOS. The molecule has 1 aromatic heterocycles. The summed E-state index contributed by atoms with van der Waals surface area (Å²) in [5, 5.41) is 11.7. The van der Waals surface area contributed by atoms with Crippen LogP contribution in [0.25, 0.3) is 10.4 Å². The van der Waals surface area contributed by atoms with E-state index in [1.165, 1.54) is 0 Å². The predicted molar refractivity (Wildman–Crippen MR) is 66.3 cm³/mol. The Kier molecular flexibility index (Phi) is 3.75. The zero-order valence-electron chi connectivity index (χ0n) is 9.06. The van der Waals surface area contributed by atoms with Crippen molar-refractivity contribution in [1.29, 1.82) is 0 Å². The minimum atomic E-state index is -1.03. The lowest BCUT2D eigenvalue weighted by atomic mass is 10.0. The molecule has 0 saturated heterocycles. The molecule has 0 aliphatic rings. The van der Waals surface area contributed by atoms with Crippen LogP contribution in [0.15, 0.2) is 29.6 Å². The molecule has 0 saturated carbocycles. The van der Waals surface area contributed by atoms with Gasteiger partial charge in [-0.2, -0.15) is 0 Å². The third-order valence-electron chi connectivity index (χ3n) is 2.46. The van der Waals surface area contributed by atoms with E-state index >= 15 is 0 Å². The van der Waals surface area contributed by atoms with Crippen molar-refractivity contribution in [2.75, 3.05) is 6.67 Å². The van der Waals surface area contributed by atoms with Gasteiger partial charge in [0.15, 0.2) is 0 Å². The maximum Gasteiger partial charge on any atom is 0.107 e. The van der Waals surface area contributed by atoms with Gasteiger partial charge in [0, 0.05) is 16.0 Å². The topological polar surface area (TPSA) is 46.2 Å². The molecule has 1 aromatic carbocycles. The number of halogens is 1. The highest BCUT2D eigenvalue weighted by Crippen LogP contribution is 2.24. The largest absolute Gasteiger partial charge is 0.386 e. The van der Waals surface area contributed by atoms with Gasteiger partial charge in [-0.3, -0.25) is 0 Å². The van der Waals surface area contributed by atoms with Gasteiger partial charge in [-0.25, -0.2) is 4.39 Å². The number of aliphatic hydroxyl groups excluding tert-OH is 1. The fourth-order valence-electron chi connectivity index (χ4n) is 1.46. The number of rotatable bonds is 4. The van der Waals surface area contributed by atoms with E-state index in [4.69, 9.17) is 5.73 Å². The molecule has 0 amide bonds. The predicted octanol–water partition coefficient (Wildman–Crippen LogP) is 2.35. The first-order chi connectivity index (χ1) is 8.22. The first-order valence-electron chi connectivity index (χ1n) is 5.19. The van der Waals surface area contributed by atoms with Crippen LogP contribution in [-0.2, 0) is 0 Å². The van der Waals surface area contributed by atoms with Crippen molar-refractivity contribution in [3.05, 3.63) is 47.3 Å². The molecule has 2 atom stereocenters. The second-order valence-electron chi connectivity index (χ2n) is 3.69. The van der Waals surface area contributed by atoms with Crippen molar-refractivity contribution in [1.82, 2.24) is 0 Å². The van der Waals surface area contributed by atoms with Crippen molar-refractivity contribution < 1.29 is 9.50 Å². The number of alkyl halides is 1. The van der Waals surface area contributed by atoms with Gasteiger partial charge in [0.1, 0.15) is 12.8 Å². The summed E-state index contributed by atoms with van der Waals surface area (Å²) in [7, 11) is 0. The molecule has 0 unspecified atom stereocenters. The van der Waals surface area contributed by atoms with Gasteiger partial charge in [-0.1, -0.05) is 18.2 Å². The minimum Gasteiger partial charge on any atom is -0.386 e. The smallest absolute Gasteiger partial charge is 0.107 e. The average Bonchev–Trinajstić information content (AvgIpc) is 2.91. The van der Waals surface area contributed by atoms with Crippen molar-refractivity contribution in [2.45, 2.75) is 12.1 Å². The standard InChI is InChI=1S/C13H12FNOS/c14-8-11(15)13(16)10-5-3-9(4-6-10)12-2-1-7-17-12/h1-3,5,7,11,13,16H,8,15H2/t11-,13-/m1/s1. The van der Waals surface area contributed by atoms with E-state index in [1.54, 1.807) is 17.4 Å². The minimum absolute atomic E-state index is 0.468. The van der Waals surface area contributed by atoms with E-state index in [1.807, 2.05) is 23.6 Å². The molecule has 2 aromatic rings. The van der Waals surface area contributed by atoms with Gasteiger partial charge >= 0.3 is 0 Å². The van der Waals surface area contributed by atoms with E-state index in [0.29, 0.717) is 5.56 Å². The summed E-state index contributed by atoms with van der Waals surface area (Å²) in [4.78, 5) is 1.08. The van der Waals surface area contributed by atoms with Gasteiger partial charge in [0.25, 0.3) is 0 Å². The molecule has 0 aliphatic heterocycles. The van der Waals surface area contributed by atoms with Crippen molar-refractivity contribution in [3.63, 3.8) is 0 Å². The second-order valence-corrected chi connectivity index (χ2v) is 4.64. The molecule has 1 heterocycles. The Morgan fingerprint density at radius 1 is 1.35 bits per heavy atom. The van der Waals surface area contributed by atoms with Crippen LogP contribution in [-0.4, -0.2) is 17.8 Å². The highest BCUT2D eigenvalue weighted by molar-refractivity contribution is 7.13. The first-order valence-corrected chi connectivity index (χ1v) is 6.07. The highest BCUT2D eigenvalue weighted by atomic mass is 32.1. The molecule has 3 N–H and O–H groups in total. The molecule has 0 spiro atoms. The number of thiophene rings is 1. The zero-order chi connectivity index (χ0) is 12.3. The maximum absolute atomic E-state index is 12.3. The molecule has 0 radical (unpaired) electrons. The van der Waals surface area contributed by atoms with Crippen molar-refractivity contribution in [3.8, 4) is 10.4 Å². The normalized spacial score (nSPS) is 14.1. The van der Waals surface area contributed by atoms with Gasteiger partial charge < -0.3 is 10.8 Å². The van der Waals surface area contributed by atoms with Crippen LogP contribution < -0.4 is 5.73 Å². The van der Waals surface area contributed by atoms with Gasteiger partial charge in [0.05, 0.1) is 6.04 Å². The second kappa shape index (κ2) is 5.28. The average molecular weight is 249 g/mol. The third kappa shape index (κ3) is 2.64. The van der Waals surface area contributed by atoms with Gasteiger partial charge in [-0.05, 0) is 23.6 Å². The molecule has 2 rings (SSSR count). The Bertz CT molecular complexity index is 455. The summed E-state index contributed by atoms with van der Waals surface area (Å²) >= 11 is 1.60. The van der Waals surface area contributed by atoms with E-state index in [2.05, 4.69) is 12.1 Å².